The number of ether oxygens (including phenoxy) is 2. The molecule has 0 fully saturated rings. The van der Waals surface area contributed by atoms with E-state index in [0.717, 1.165) is 5.56 Å². The molecule has 1 aromatic rings. The Kier molecular flexibility index (Phi) is 6.44. The van der Waals surface area contributed by atoms with Crippen molar-refractivity contribution in [1.29, 1.82) is 0 Å². The summed E-state index contributed by atoms with van der Waals surface area (Å²) >= 11 is 0. The summed E-state index contributed by atoms with van der Waals surface area (Å²) in [5, 5.41) is 0. The zero-order chi connectivity index (χ0) is 14.3. The van der Waals surface area contributed by atoms with Crippen LogP contribution in [0, 0.1) is 6.92 Å². The van der Waals surface area contributed by atoms with Crippen LogP contribution in [0.3, 0.4) is 0 Å². The van der Waals surface area contributed by atoms with E-state index in [1.54, 1.807) is 26.0 Å². The highest BCUT2D eigenvalue weighted by Gasteiger charge is 2.18. The van der Waals surface area contributed by atoms with E-state index in [2.05, 4.69) is 0 Å². The van der Waals surface area contributed by atoms with E-state index in [0.29, 0.717) is 13.2 Å². The molecule has 0 saturated heterocycles. The fraction of sp³-hybridized carbons (Fsp3) is 0.538. The first-order valence-corrected chi connectivity index (χ1v) is 7.59. The van der Waals surface area contributed by atoms with Gasteiger partial charge in [0.05, 0.1) is 4.90 Å². The normalized spacial score (nSPS) is 12.0. The van der Waals surface area contributed by atoms with E-state index in [9.17, 15) is 8.42 Å². The van der Waals surface area contributed by atoms with Gasteiger partial charge in [-0.15, -0.1) is 0 Å². The lowest BCUT2D eigenvalue weighted by Gasteiger charge is -2.16. The van der Waals surface area contributed by atoms with Gasteiger partial charge in [-0.2, -0.15) is 8.42 Å². The second-order valence-corrected chi connectivity index (χ2v) is 5.51. The first-order chi connectivity index (χ1) is 8.99. The fourth-order valence-corrected chi connectivity index (χ4v) is 2.33. The van der Waals surface area contributed by atoms with Gasteiger partial charge in [-0.25, -0.2) is 0 Å². The average Bonchev–Trinajstić information content (AvgIpc) is 2.37. The van der Waals surface area contributed by atoms with Gasteiger partial charge in [-0.05, 0) is 32.9 Å². The summed E-state index contributed by atoms with van der Waals surface area (Å²) in [6.45, 7) is 6.20. The average molecular weight is 288 g/mol. The molecule has 1 rings (SSSR count). The van der Waals surface area contributed by atoms with Gasteiger partial charge < -0.3 is 9.47 Å². The van der Waals surface area contributed by atoms with Gasteiger partial charge in [0.15, 0.2) is 6.29 Å². The van der Waals surface area contributed by atoms with Crippen molar-refractivity contribution in [2.24, 2.45) is 0 Å². The maximum Gasteiger partial charge on any atom is 0.297 e. The molecule has 0 unspecified atom stereocenters. The summed E-state index contributed by atoms with van der Waals surface area (Å²) in [6, 6.07) is 6.47. The van der Waals surface area contributed by atoms with Crippen molar-refractivity contribution in [2.45, 2.75) is 32.0 Å². The molecule has 0 aliphatic rings. The molecule has 0 aromatic heterocycles. The van der Waals surface area contributed by atoms with E-state index in [1.165, 1.54) is 12.1 Å². The largest absolute Gasteiger partial charge is 0.350 e. The third-order valence-electron chi connectivity index (χ3n) is 2.37. The van der Waals surface area contributed by atoms with Gasteiger partial charge >= 0.3 is 0 Å². The summed E-state index contributed by atoms with van der Waals surface area (Å²) in [5.74, 6) is 0. The molecular formula is C13H20O5S. The Balaban J connectivity index is 2.66. The molecule has 0 radical (unpaired) electrons. The number of hydrogen-bond donors (Lipinski definition) is 0. The van der Waals surface area contributed by atoms with E-state index in [1.807, 2.05) is 6.92 Å². The minimum Gasteiger partial charge on any atom is -0.350 e. The van der Waals surface area contributed by atoms with Crippen LogP contribution >= 0.6 is 0 Å². The quantitative estimate of drug-likeness (QED) is 0.541. The highest BCUT2D eigenvalue weighted by atomic mass is 32.2. The van der Waals surface area contributed by atoms with Crippen LogP contribution in [0.4, 0.5) is 0 Å². The second-order valence-electron chi connectivity index (χ2n) is 3.89. The minimum absolute atomic E-state index is 0.129. The van der Waals surface area contributed by atoms with Crippen LogP contribution in [0.15, 0.2) is 29.2 Å². The standard InChI is InChI=1S/C13H20O5S/c1-4-16-13(17-5-2)10-18-19(14,15)12-8-6-11(3)7-9-12/h6-9,13H,4-5,10H2,1-3H3. The topological polar surface area (TPSA) is 61.8 Å². The van der Waals surface area contributed by atoms with Crippen molar-refractivity contribution in [1.82, 2.24) is 0 Å². The van der Waals surface area contributed by atoms with Crippen LogP contribution in [0.5, 0.6) is 0 Å². The highest BCUT2D eigenvalue weighted by Crippen LogP contribution is 2.14. The molecule has 6 heteroatoms. The molecule has 0 heterocycles. The minimum atomic E-state index is -3.77. The van der Waals surface area contributed by atoms with Crippen LogP contribution in [0.1, 0.15) is 19.4 Å². The molecule has 0 saturated carbocycles. The van der Waals surface area contributed by atoms with Crippen molar-refractivity contribution in [3.8, 4) is 0 Å². The molecule has 0 aliphatic heterocycles. The zero-order valence-electron chi connectivity index (χ0n) is 11.5. The van der Waals surface area contributed by atoms with Gasteiger partial charge in [-0.1, -0.05) is 17.7 Å². The van der Waals surface area contributed by atoms with E-state index in [-0.39, 0.29) is 11.5 Å². The maximum atomic E-state index is 11.9. The molecule has 0 aliphatic carbocycles. The van der Waals surface area contributed by atoms with Gasteiger partial charge in [0.1, 0.15) is 6.61 Å². The van der Waals surface area contributed by atoms with Gasteiger partial charge in [0.2, 0.25) is 0 Å². The number of aryl methyl sites for hydroxylation is 1. The Labute approximate surface area is 114 Å². The lowest BCUT2D eigenvalue weighted by atomic mass is 10.2. The Bertz CT molecular complexity index is 460. The third kappa shape index (κ3) is 5.28. The van der Waals surface area contributed by atoms with Crippen molar-refractivity contribution in [2.75, 3.05) is 19.8 Å². The smallest absolute Gasteiger partial charge is 0.297 e. The number of benzene rings is 1. The van der Waals surface area contributed by atoms with Crippen LogP contribution in [0.2, 0.25) is 0 Å². The summed E-state index contributed by atoms with van der Waals surface area (Å²) in [7, 11) is -3.77. The molecular weight excluding hydrogens is 268 g/mol. The SMILES string of the molecule is CCOC(COS(=O)(=O)c1ccc(C)cc1)OCC. The van der Waals surface area contributed by atoms with Crippen molar-refractivity contribution < 1.29 is 22.1 Å². The summed E-state index contributed by atoms with van der Waals surface area (Å²) in [4.78, 5) is 0.129. The molecule has 0 atom stereocenters. The molecule has 19 heavy (non-hydrogen) atoms. The Morgan fingerprint density at radius 2 is 1.58 bits per heavy atom. The molecule has 0 N–H and O–H groups in total. The predicted octanol–water partition coefficient (Wildman–Crippen LogP) is 2.10. The predicted molar refractivity (Wildman–Crippen MR) is 71.4 cm³/mol. The molecule has 1 aromatic carbocycles. The van der Waals surface area contributed by atoms with Crippen molar-refractivity contribution in [3.63, 3.8) is 0 Å². The van der Waals surface area contributed by atoms with E-state index in [4.69, 9.17) is 13.7 Å². The first-order valence-electron chi connectivity index (χ1n) is 6.19. The second kappa shape index (κ2) is 7.59. The van der Waals surface area contributed by atoms with Crippen LogP contribution in [-0.4, -0.2) is 34.5 Å². The first kappa shape index (κ1) is 16.1. The lowest BCUT2D eigenvalue weighted by Crippen LogP contribution is -2.25. The fourth-order valence-electron chi connectivity index (χ4n) is 1.43. The monoisotopic (exact) mass is 288 g/mol. The molecule has 0 spiro atoms. The highest BCUT2D eigenvalue weighted by molar-refractivity contribution is 7.86. The van der Waals surface area contributed by atoms with Gasteiger partial charge in [-0.3, -0.25) is 4.18 Å². The molecule has 5 nitrogen and oxygen atoms in total. The number of rotatable bonds is 8. The Morgan fingerprint density at radius 3 is 2.05 bits per heavy atom. The van der Waals surface area contributed by atoms with E-state index < -0.39 is 16.4 Å². The molecule has 0 amide bonds. The van der Waals surface area contributed by atoms with Crippen molar-refractivity contribution in [3.05, 3.63) is 29.8 Å². The van der Waals surface area contributed by atoms with Crippen LogP contribution in [0.25, 0.3) is 0 Å². The molecule has 0 bridgehead atoms. The summed E-state index contributed by atoms with van der Waals surface area (Å²) < 4.78 is 39.2. The van der Waals surface area contributed by atoms with Crippen LogP contribution in [-0.2, 0) is 23.8 Å². The van der Waals surface area contributed by atoms with Gasteiger partial charge in [0.25, 0.3) is 10.1 Å². The number of hydrogen-bond acceptors (Lipinski definition) is 5. The lowest BCUT2D eigenvalue weighted by molar-refractivity contribution is -0.151. The summed E-state index contributed by atoms with van der Waals surface area (Å²) in [6.07, 6.45) is -0.671. The van der Waals surface area contributed by atoms with Gasteiger partial charge in [0, 0.05) is 13.2 Å². The van der Waals surface area contributed by atoms with Crippen LogP contribution < -0.4 is 0 Å². The molecule has 108 valence electrons. The maximum absolute atomic E-state index is 11.9. The van der Waals surface area contributed by atoms with E-state index >= 15 is 0 Å². The Morgan fingerprint density at radius 1 is 1.05 bits per heavy atom. The van der Waals surface area contributed by atoms with Crippen molar-refractivity contribution >= 4 is 10.1 Å². The summed E-state index contributed by atoms with van der Waals surface area (Å²) in [5.41, 5.74) is 0.987. The zero-order valence-corrected chi connectivity index (χ0v) is 12.3. The Hall–Kier alpha value is -0.950. The third-order valence-corrected chi connectivity index (χ3v) is 3.67.